The maximum Gasteiger partial charge on any atom is 0.251 e. The average Bonchev–Trinajstić information content (AvgIpc) is 3.10. The van der Waals surface area contributed by atoms with Gasteiger partial charge in [-0.05, 0) is 73.4 Å². The van der Waals surface area contributed by atoms with E-state index in [1.54, 1.807) is 31.3 Å². The molecule has 3 aliphatic rings. The number of carbonyl (C=O) groups excluding carboxylic acids is 4. The van der Waals surface area contributed by atoms with Gasteiger partial charge in [-0.15, -0.1) is 12.4 Å². The highest BCUT2D eigenvalue weighted by Gasteiger charge is 2.55. The minimum absolute atomic E-state index is 0. The molecular weight excluding hydrogens is 618 g/mol. The molecule has 0 radical (unpaired) electrons. The number of aliphatic hydroxyl groups is 1. The first-order valence-electron chi connectivity index (χ1n) is 17.0. The number of hydrogen-bond donors (Lipinski definition) is 4. The summed E-state index contributed by atoms with van der Waals surface area (Å²) in [7, 11) is 1.57. The molecule has 0 aromatic heterocycles. The molecule has 11 heteroatoms. The van der Waals surface area contributed by atoms with Crippen LogP contribution in [-0.2, 0) is 22.7 Å². The number of amides is 4. The first-order valence-corrected chi connectivity index (χ1v) is 17.0. The number of benzene rings is 2. The first-order chi connectivity index (χ1) is 22.3. The van der Waals surface area contributed by atoms with Gasteiger partial charge in [0.05, 0.1) is 6.10 Å². The maximum atomic E-state index is 13.9. The van der Waals surface area contributed by atoms with Crippen molar-refractivity contribution < 1.29 is 24.3 Å². The van der Waals surface area contributed by atoms with Crippen LogP contribution in [0.25, 0.3) is 0 Å². The molecule has 2 saturated heterocycles. The highest BCUT2D eigenvalue weighted by atomic mass is 35.5. The lowest BCUT2D eigenvalue weighted by Crippen LogP contribution is -2.75. The fraction of sp³-hybridized carbons (Fsp3) is 0.556. The van der Waals surface area contributed by atoms with E-state index in [0.29, 0.717) is 50.1 Å². The third-order valence-corrected chi connectivity index (χ3v) is 10.2. The number of halogens is 1. The predicted molar refractivity (Wildman–Crippen MR) is 183 cm³/mol. The molecule has 4 amide bonds. The largest absolute Gasteiger partial charge is 0.390 e. The summed E-state index contributed by atoms with van der Waals surface area (Å²) >= 11 is 0. The zero-order chi connectivity index (χ0) is 32.7. The molecule has 0 bridgehead atoms. The normalized spacial score (nSPS) is 20.7. The molecule has 2 aromatic carbocycles. The number of piperidine rings is 1. The SMILES string of the molecule is CCCCN1C(=O)[C@@H]([C@H](O)C2CCCCC2)NC(=O)C12CCN(Cc1ccc(CNC(=O)c3ccc(C(=O)NC)cc3)cc1)CC2.Cl. The molecule has 4 N–H and O–H groups in total. The van der Waals surface area contributed by atoms with Gasteiger partial charge in [0.15, 0.2) is 0 Å². The Labute approximate surface area is 284 Å². The molecule has 0 unspecified atom stereocenters. The molecule has 47 heavy (non-hydrogen) atoms. The van der Waals surface area contributed by atoms with Crippen molar-refractivity contribution in [2.75, 3.05) is 26.7 Å². The Bertz CT molecular complexity index is 1370. The molecule has 2 atom stereocenters. The number of hydrogen-bond acceptors (Lipinski definition) is 6. The Morgan fingerprint density at radius 3 is 2.13 bits per heavy atom. The lowest BCUT2D eigenvalue weighted by Gasteiger charge is -2.52. The zero-order valence-electron chi connectivity index (χ0n) is 27.6. The van der Waals surface area contributed by atoms with E-state index in [1.165, 1.54) is 0 Å². The highest BCUT2D eigenvalue weighted by Crippen LogP contribution is 2.36. The van der Waals surface area contributed by atoms with Crippen molar-refractivity contribution in [3.05, 3.63) is 70.8 Å². The van der Waals surface area contributed by atoms with Gasteiger partial charge in [-0.1, -0.05) is 56.9 Å². The minimum Gasteiger partial charge on any atom is -0.390 e. The lowest BCUT2D eigenvalue weighted by molar-refractivity contribution is -0.166. The average molecular weight is 668 g/mol. The number of nitrogens with one attached hydrogen (secondary N) is 3. The molecule has 5 rings (SSSR count). The Morgan fingerprint density at radius 1 is 0.936 bits per heavy atom. The van der Waals surface area contributed by atoms with Gasteiger partial charge < -0.3 is 26.0 Å². The van der Waals surface area contributed by atoms with Crippen molar-refractivity contribution in [3.8, 4) is 0 Å². The Balaban J connectivity index is 0.00000500. The van der Waals surface area contributed by atoms with Crippen molar-refractivity contribution in [1.82, 2.24) is 25.8 Å². The topological polar surface area (TPSA) is 131 Å². The van der Waals surface area contributed by atoms with Crippen LogP contribution in [0.4, 0.5) is 0 Å². The van der Waals surface area contributed by atoms with Crippen molar-refractivity contribution in [1.29, 1.82) is 0 Å². The second kappa shape index (κ2) is 16.6. The number of carbonyl (C=O) groups is 4. The summed E-state index contributed by atoms with van der Waals surface area (Å²) in [6, 6.07) is 13.8. The fourth-order valence-corrected chi connectivity index (χ4v) is 7.26. The Kier molecular flexibility index (Phi) is 12.8. The van der Waals surface area contributed by atoms with Crippen LogP contribution in [0.1, 0.15) is 96.6 Å². The van der Waals surface area contributed by atoms with Gasteiger partial charge in [0.1, 0.15) is 11.6 Å². The van der Waals surface area contributed by atoms with Gasteiger partial charge in [0.25, 0.3) is 11.8 Å². The summed E-state index contributed by atoms with van der Waals surface area (Å²) in [6.45, 7) is 5.12. The highest BCUT2D eigenvalue weighted by molar-refractivity contribution is 6.00. The lowest BCUT2D eigenvalue weighted by atomic mass is 9.78. The van der Waals surface area contributed by atoms with Crippen LogP contribution in [0, 0.1) is 5.92 Å². The zero-order valence-corrected chi connectivity index (χ0v) is 28.4. The van der Waals surface area contributed by atoms with Crippen LogP contribution in [0.5, 0.6) is 0 Å². The minimum atomic E-state index is -0.865. The number of rotatable bonds is 11. The number of piperazine rings is 1. The van der Waals surface area contributed by atoms with E-state index in [4.69, 9.17) is 0 Å². The maximum absolute atomic E-state index is 13.9. The van der Waals surface area contributed by atoms with Gasteiger partial charge in [0, 0.05) is 50.9 Å². The first kappa shape index (κ1) is 36.4. The molecule has 2 heterocycles. The molecule has 10 nitrogen and oxygen atoms in total. The van der Waals surface area contributed by atoms with Gasteiger partial charge in [0.2, 0.25) is 11.8 Å². The van der Waals surface area contributed by atoms with Crippen molar-refractivity contribution in [2.45, 2.75) is 95.5 Å². The molecule has 1 saturated carbocycles. The fourth-order valence-electron chi connectivity index (χ4n) is 7.26. The van der Waals surface area contributed by atoms with Gasteiger partial charge in [-0.25, -0.2) is 0 Å². The molecular formula is C36H50ClN5O5. The molecule has 2 aliphatic heterocycles. The van der Waals surface area contributed by atoms with Crippen LogP contribution in [0.15, 0.2) is 48.5 Å². The summed E-state index contributed by atoms with van der Waals surface area (Å²) in [4.78, 5) is 56.1. The van der Waals surface area contributed by atoms with Crippen LogP contribution in [0.3, 0.4) is 0 Å². The van der Waals surface area contributed by atoms with Gasteiger partial charge in [-0.2, -0.15) is 0 Å². The molecule has 3 fully saturated rings. The summed E-state index contributed by atoms with van der Waals surface area (Å²) in [6.07, 6.45) is 7.14. The van der Waals surface area contributed by atoms with Crippen LogP contribution < -0.4 is 16.0 Å². The summed E-state index contributed by atoms with van der Waals surface area (Å²) in [5.41, 5.74) is 2.24. The number of likely N-dealkylation sites (tertiary alicyclic amines) is 1. The van der Waals surface area contributed by atoms with Crippen molar-refractivity contribution in [2.24, 2.45) is 5.92 Å². The molecule has 1 aliphatic carbocycles. The Hall–Kier alpha value is -3.47. The second-order valence-electron chi connectivity index (χ2n) is 13.1. The monoisotopic (exact) mass is 667 g/mol. The summed E-state index contributed by atoms with van der Waals surface area (Å²) in [5, 5.41) is 19.7. The standard InChI is InChI=1S/C36H49N5O5.ClH/c1-3-4-20-41-34(45)30(31(42)27-8-6-5-7-9-27)39-35(46)36(41)18-21-40(22-19-36)24-26-12-10-25(11-13-26)23-38-33(44)29-16-14-28(15-17-29)32(43)37-2;/h10-17,27,30-31,42H,3-9,18-24H2,1-2H3,(H,37,43)(H,38,44)(H,39,46);1H/t30-,31-;/m1./s1. The summed E-state index contributed by atoms with van der Waals surface area (Å²) < 4.78 is 0. The van der Waals surface area contributed by atoms with Gasteiger partial charge >= 0.3 is 0 Å². The van der Waals surface area contributed by atoms with Gasteiger partial charge in [-0.3, -0.25) is 24.1 Å². The van der Waals surface area contributed by atoms with Crippen LogP contribution >= 0.6 is 12.4 Å². The molecule has 1 spiro atoms. The van der Waals surface area contributed by atoms with E-state index in [2.05, 4.69) is 39.9 Å². The number of nitrogens with zero attached hydrogens (tertiary/aromatic N) is 2. The van der Waals surface area contributed by atoms with Crippen LogP contribution in [-0.4, -0.2) is 82.9 Å². The van der Waals surface area contributed by atoms with E-state index >= 15 is 0 Å². The quantitative estimate of drug-likeness (QED) is 0.289. The van der Waals surface area contributed by atoms with E-state index in [0.717, 1.165) is 62.6 Å². The van der Waals surface area contributed by atoms with E-state index in [1.807, 2.05) is 17.0 Å². The van der Waals surface area contributed by atoms with E-state index < -0.39 is 17.7 Å². The second-order valence-corrected chi connectivity index (χ2v) is 13.1. The Morgan fingerprint density at radius 2 is 1.53 bits per heavy atom. The van der Waals surface area contributed by atoms with Crippen molar-refractivity contribution in [3.63, 3.8) is 0 Å². The third kappa shape index (κ3) is 8.34. The molecule has 256 valence electrons. The third-order valence-electron chi connectivity index (χ3n) is 10.2. The van der Waals surface area contributed by atoms with E-state index in [9.17, 15) is 24.3 Å². The number of unbranched alkanes of at least 4 members (excludes halogenated alkanes) is 1. The number of aliphatic hydroxyl groups excluding tert-OH is 1. The van der Waals surface area contributed by atoms with Crippen LogP contribution in [0.2, 0.25) is 0 Å². The summed E-state index contributed by atoms with van der Waals surface area (Å²) in [5.74, 6) is -0.579. The smallest absolute Gasteiger partial charge is 0.251 e. The predicted octanol–water partition coefficient (Wildman–Crippen LogP) is 3.80. The van der Waals surface area contributed by atoms with E-state index in [-0.39, 0.29) is 42.0 Å². The van der Waals surface area contributed by atoms with Crippen molar-refractivity contribution >= 4 is 36.0 Å². The molecule has 2 aromatic rings.